The minimum Gasteiger partial charge on any atom is -0.448 e. The predicted octanol–water partition coefficient (Wildman–Crippen LogP) is 1.80. The highest BCUT2D eigenvalue weighted by atomic mass is 19.4. The first-order valence-electron chi connectivity index (χ1n) is 7.22. The van der Waals surface area contributed by atoms with Crippen molar-refractivity contribution in [2.45, 2.75) is 26.1 Å². The van der Waals surface area contributed by atoms with E-state index in [-0.39, 0.29) is 11.4 Å². The summed E-state index contributed by atoms with van der Waals surface area (Å²) in [7, 11) is 0. The molecule has 2 aromatic rings. The Balaban J connectivity index is 2.03. The zero-order valence-corrected chi connectivity index (χ0v) is 13.4. The van der Waals surface area contributed by atoms with Crippen LogP contribution in [0.3, 0.4) is 0 Å². The number of aromatic nitrogens is 3. The highest BCUT2D eigenvalue weighted by Gasteiger charge is 2.30. The number of nitrogens with zero attached hydrogens (tertiary/aromatic N) is 3. The lowest BCUT2D eigenvalue weighted by atomic mass is 10.3. The van der Waals surface area contributed by atoms with Crippen LogP contribution < -0.4 is 5.32 Å². The van der Waals surface area contributed by atoms with Crippen molar-refractivity contribution in [2.75, 3.05) is 6.54 Å². The van der Waals surface area contributed by atoms with E-state index in [9.17, 15) is 22.8 Å². The predicted molar refractivity (Wildman–Crippen MR) is 80.0 cm³/mol. The van der Waals surface area contributed by atoms with Gasteiger partial charge in [0.1, 0.15) is 6.54 Å². The van der Waals surface area contributed by atoms with Crippen LogP contribution in [-0.4, -0.2) is 45.7 Å². The lowest BCUT2D eigenvalue weighted by molar-refractivity contribution is -0.143. The zero-order chi connectivity index (χ0) is 18.6. The molecule has 0 bridgehead atoms. The van der Waals surface area contributed by atoms with Gasteiger partial charge in [-0.2, -0.15) is 23.1 Å². The maximum atomic E-state index is 12.1. The number of ether oxygens (including phenoxy) is 1. The fourth-order valence-electron chi connectivity index (χ4n) is 1.85. The van der Waals surface area contributed by atoms with Crippen LogP contribution in [0.5, 0.6) is 0 Å². The van der Waals surface area contributed by atoms with Gasteiger partial charge in [0.15, 0.2) is 11.8 Å². The van der Waals surface area contributed by atoms with E-state index in [1.807, 2.05) is 0 Å². The summed E-state index contributed by atoms with van der Waals surface area (Å²) in [6, 6.07) is 8.78. The number of carbonyl (C=O) groups excluding carboxylic acids is 2. The van der Waals surface area contributed by atoms with Crippen LogP contribution in [0.1, 0.15) is 23.1 Å². The van der Waals surface area contributed by atoms with Gasteiger partial charge in [-0.05, 0) is 26.0 Å². The Kier molecular flexibility index (Phi) is 5.40. The molecule has 1 amide bonds. The maximum absolute atomic E-state index is 12.1. The van der Waals surface area contributed by atoms with Gasteiger partial charge in [0.25, 0.3) is 5.91 Å². The number of amides is 1. The number of aryl methyl sites for hydroxylation is 1. The number of nitrogens with one attached hydrogen (secondary N) is 1. The first-order valence-corrected chi connectivity index (χ1v) is 7.22. The minimum absolute atomic E-state index is 0.126. The van der Waals surface area contributed by atoms with Gasteiger partial charge in [0.05, 0.1) is 11.4 Å². The van der Waals surface area contributed by atoms with Crippen LogP contribution in [0.15, 0.2) is 30.3 Å². The molecule has 7 nitrogen and oxygen atoms in total. The molecule has 2 rings (SSSR count). The quantitative estimate of drug-likeness (QED) is 0.826. The van der Waals surface area contributed by atoms with Crippen LogP contribution in [-0.2, 0) is 9.53 Å². The molecule has 0 radical (unpaired) electrons. The van der Waals surface area contributed by atoms with Crippen molar-refractivity contribution < 1.29 is 27.5 Å². The Bertz CT molecular complexity index is 759. The van der Waals surface area contributed by atoms with E-state index in [1.165, 1.54) is 18.6 Å². The standard InChI is InChI=1S/C15H15F3N4O3/c1-9-12(21-22(20-9)11-6-4-3-5-7-11)14(24)25-10(2)13(23)19-8-15(16,17)18/h3-7,10H,8H2,1-2H3,(H,19,23). The number of halogens is 3. The van der Waals surface area contributed by atoms with E-state index >= 15 is 0 Å². The van der Waals surface area contributed by atoms with Crippen molar-refractivity contribution in [1.82, 2.24) is 20.3 Å². The van der Waals surface area contributed by atoms with Crippen LogP contribution in [0.4, 0.5) is 13.2 Å². The number of hydrogen-bond acceptors (Lipinski definition) is 5. The molecule has 10 heteroatoms. The van der Waals surface area contributed by atoms with Crippen molar-refractivity contribution in [1.29, 1.82) is 0 Å². The third-order valence-corrected chi connectivity index (χ3v) is 3.08. The Labute approximate surface area is 140 Å². The topological polar surface area (TPSA) is 86.1 Å². The number of rotatable bonds is 5. The van der Waals surface area contributed by atoms with E-state index in [2.05, 4.69) is 10.2 Å². The lowest BCUT2D eigenvalue weighted by Crippen LogP contribution is -2.40. The SMILES string of the molecule is Cc1nn(-c2ccccc2)nc1C(=O)OC(C)C(=O)NCC(F)(F)F. The van der Waals surface area contributed by atoms with Gasteiger partial charge in [-0.1, -0.05) is 18.2 Å². The van der Waals surface area contributed by atoms with Gasteiger partial charge in [0, 0.05) is 0 Å². The molecule has 1 aromatic carbocycles. The summed E-state index contributed by atoms with van der Waals surface area (Å²) >= 11 is 0. The molecule has 1 atom stereocenters. The summed E-state index contributed by atoms with van der Waals surface area (Å²) in [6.07, 6.45) is -5.95. The van der Waals surface area contributed by atoms with Crippen molar-refractivity contribution in [3.05, 3.63) is 41.7 Å². The molecule has 0 fully saturated rings. The van der Waals surface area contributed by atoms with Gasteiger partial charge in [-0.15, -0.1) is 5.10 Å². The normalized spacial score (nSPS) is 12.5. The summed E-state index contributed by atoms with van der Waals surface area (Å²) in [4.78, 5) is 24.8. The van der Waals surface area contributed by atoms with E-state index < -0.39 is 30.7 Å². The van der Waals surface area contributed by atoms with Gasteiger partial charge < -0.3 is 10.1 Å². The third kappa shape index (κ3) is 5.03. The van der Waals surface area contributed by atoms with E-state index in [4.69, 9.17) is 4.74 Å². The second kappa shape index (κ2) is 7.32. The zero-order valence-electron chi connectivity index (χ0n) is 13.4. The molecule has 134 valence electrons. The number of alkyl halides is 3. The fourth-order valence-corrected chi connectivity index (χ4v) is 1.85. The van der Waals surface area contributed by atoms with Gasteiger partial charge in [-0.25, -0.2) is 4.79 Å². The molecular formula is C15H15F3N4O3. The van der Waals surface area contributed by atoms with Gasteiger partial charge in [0.2, 0.25) is 0 Å². The Morgan fingerprint density at radius 2 is 1.88 bits per heavy atom. The summed E-state index contributed by atoms with van der Waals surface area (Å²) in [6.45, 7) is 1.19. The first-order chi connectivity index (χ1) is 11.7. The van der Waals surface area contributed by atoms with Crippen LogP contribution in [0.2, 0.25) is 0 Å². The summed E-state index contributed by atoms with van der Waals surface area (Å²) < 4.78 is 41.1. The van der Waals surface area contributed by atoms with Gasteiger partial charge in [-0.3, -0.25) is 4.79 Å². The fraction of sp³-hybridized carbons (Fsp3) is 0.333. The number of hydrogen-bond donors (Lipinski definition) is 1. The van der Waals surface area contributed by atoms with Crippen molar-refractivity contribution in [3.63, 3.8) is 0 Å². The van der Waals surface area contributed by atoms with Crippen LogP contribution >= 0.6 is 0 Å². The molecule has 0 saturated carbocycles. The monoisotopic (exact) mass is 356 g/mol. The third-order valence-electron chi connectivity index (χ3n) is 3.08. The molecule has 1 heterocycles. The molecule has 1 N–H and O–H groups in total. The molecule has 1 unspecified atom stereocenters. The summed E-state index contributed by atoms with van der Waals surface area (Å²) in [5.41, 5.74) is 0.747. The van der Waals surface area contributed by atoms with Crippen molar-refractivity contribution in [2.24, 2.45) is 0 Å². The minimum atomic E-state index is -4.55. The maximum Gasteiger partial charge on any atom is 0.405 e. The average Bonchev–Trinajstić information content (AvgIpc) is 2.94. The Morgan fingerprint density at radius 3 is 2.48 bits per heavy atom. The van der Waals surface area contributed by atoms with Crippen LogP contribution in [0.25, 0.3) is 5.69 Å². The Hall–Kier alpha value is -2.91. The second-order valence-electron chi connectivity index (χ2n) is 5.14. The summed E-state index contributed by atoms with van der Waals surface area (Å²) in [5.74, 6) is -2.01. The molecule has 0 aliphatic heterocycles. The average molecular weight is 356 g/mol. The number of esters is 1. The molecule has 0 aliphatic carbocycles. The largest absolute Gasteiger partial charge is 0.448 e. The second-order valence-corrected chi connectivity index (χ2v) is 5.14. The molecule has 0 aliphatic rings. The number of para-hydroxylation sites is 1. The summed E-state index contributed by atoms with van der Waals surface area (Å²) in [5, 5.41) is 9.72. The van der Waals surface area contributed by atoms with Crippen molar-refractivity contribution >= 4 is 11.9 Å². The number of carbonyl (C=O) groups is 2. The Morgan fingerprint density at radius 1 is 1.24 bits per heavy atom. The molecule has 25 heavy (non-hydrogen) atoms. The van der Waals surface area contributed by atoms with E-state index in [0.29, 0.717) is 5.69 Å². The molecule has 0 spiro atoms. The van der Waals surface area contributed by atoms with E-state index in [0.717, 1.165) is 0 Å². The molecule has 0 saturated heterocycles. The van der Waals surface area contributed by atoms with E-state index in [1.54, 1.807) is 35.6 Å². The van der Waals surface area contributed by atoms with Crippen molar-refractivity contribution in [3.8, 4) is 5.69 Å². The number of benzene rings is 1. The molecule has 1 aromatic heterocycles. The van der Waals surface area contributed by atoms with Gasteiger partial charge >= 0.3 is 12.1 Å². The lowest BCUT2D eigenvalue weighted by Gasteiger charge is -2.13. The highest BCUT2D eigenvalue weighted by molar-refractivity contribution is 5.91. The smallest absolute Gasteiger partial charge is 0.405 e. The molecular weight excluding hydrogens is 341 g/mol. The first kappa shape index (κ1) is 18.4. The van der Waals surface area contributed by atoms with Crippen LogP contribution in [0, 0.1) is 6.92 Å². The highest BCUT2D eigenvalue weighted by Crippen LogP contribution is 2.13.